The molecule has 480 valence electrons. The minimum absolute atomic E-state index is 0.0255. The minimum atomic E-state index is -3.67. The van der Waals surface area contributed by atoms with Gasteiger partial charge in [-0.2, -0.15) is 16.8 Å². The van der Waals surface area contributed by atoms with Gasteiger partial charge in [0.2, 0.25) is 0 Å². The maximum Gasteiger partial charge on any atom is 0.334 e. The molecular formula is C63H105N3O16S2. The SMILES string of the molecule is C=C1C(=O)O[C@@H]2[C@@H]3[C@@H](CCC34CC4)C3(CC[C@@H]12)CC3.CN(CCO)C[C@@H]1C(=O)OC2[C@H]1CCC1(CC1)[C@@H]1CCC3(CC3)[C@H]21.CN(CCO)C[C@@H]1C(=O)OC2[C@H]1CCC1(CC1)[C@@H]1CCC3(CC3)[C@H]21.CNCCO.CO.CS(=O)(=O)O.CS(=O)(=O)O. The Kier molecular flexibility index (Phi) is 20.1. The van der Waals surface area contributed by atoms with Gasteiger partial charge >= 0.3 is 17.9 Å². The van der Waals surface area contributed by atoms with Crippen LogP contribution in [-0.2, 0) is 48.8 Å². The van der Waals surface area contributed by atoms with Crippen LogP contribution in [0.5, 0.6) is 0 Å². The highest BCUT2D eigenvalue weighted by atomic mass is 32.2. The van der Waals surface area contributed by atoms with Crippen LogP contribution in [0.15, 0.2) is 12.2 Å². The summed E-state index contributed by atoms with van der Waals surface area (Å²) < 4.78 is 69.8. The normalized spacial score (nSPS) is 37.7. The van der Waals surface area contributed by atoms with Gasteiger partial charge in [0.05, 0.1) is 44.2 Å². The summed E-state index contributed by atoms with van der Waals surface area (Å²) in [6.45, 7) is 8.05. The second-order valence-corrected chi connectivity index (χ2v) is 32.3. The molecule has 0 aromatic carbocycles. The van der Waals surface area contributed by atoms with Crippen molar-refractivity contribution in [3.05, 3.63) is 12.2 Å². The Labute approximate surface area is 501 Å². The quantitative estimate of drug-likeness (QED) is 0.0556. The second-order valence-electron chi connectivity index (χ2n) is 29.4. The number of nitrogens with one attached hydrogen (secondary N) is 1. The van der Waals surface area contributed by atoms with Gasteiger partial charge in [-0.1, -0.05) is 6.58 Å². The molecule has 12 aliphatic carbocycles. The van der Waals surface area contributed by atoms with E-state index in [1.165, 1.54) is 148 Å². The number of carbonyl (C=O) groups is 3. The first-order valence-electron chi connectivity index (χ1n) is 32.2. The van der Waals surface area contributed by atoms with Crippen LogP contribution in [0.1, 0.15) is 154 Å². The zero-order valence-electron chi connectivity index (χ0n) is 51.4. The van der Waals surface area contributed by atoms with Crippen molar-refractivity contribution in [1.29, 1.82) is 0 Å². The Morgan fingerprint density at radius 1 is 0.500 bits per heavy atom. The number of likely N-dealkylation sites (N-methyl/N-ethyl adjacent to an activating group) is 3. The third-order valence-corrected chi connectivity index (χ3v) is 24.6. The molecule has 84 heavy (non-hydrogen) atoms. The van der Waals surface area contributed by atoms with E-state index in [4.69, 9.17) is 33.5 Å². The highest BCUT2D eigenvalue weighted by molar-refractivity contribution is 7.85. The van der Waals surface area contributed by atoms with Crippen molar-refractivity contribution >= 4 is 38.1 Å². The number of hydrogen-bond donors (Lipinski definition) is 7. The molecule has 19 nitrogen and oxygen atoms in total. The van der Waals surface area contributed by atoms with Crippen LogP contribution in [0.2, 0.25) is 0 Å². The van der Waals surface area contributed by atoms with E-state index in [9.17, 15) is 41.4 Å². The monoisotopic (exact) mass is 1220 g/mol. The van der Waals surface area contributed by atoms with Crippen molar-refractivity contribution < 1.29 is 75.0 Å². The molecule has 15 fully saturated rings. The second kappa shape index (κ2) is 25.5. The smallest absolute Gasteiger partial charge is 0.334 e. The molecule has 0 radical (unpaired) electrons. The summed E-state index contributed by atoms with van der Waals surface area (Å²) in [5.41, 5.74) is 4.32. The van der Waals surface area contributed by atoms with Crippen molar-refractivity contribution in [1.82, 2.24) is 15.1 Å². The average Bonchev–Trinajstić information content (AvgIpc) is 1.58. The first-order chi connectivity index (χ1) is 39.7. The number of aliphatic hydroxyl groups excluding tert-OH is 4. The highest BCUT2D eigenvalue weighted by Gasteiger charge is 2.72. The highest BCUT2D eigenvalue weighted by Crippen LogP contribution is 2.78. The predicted molar refractivity (Wildman–Crippen MR) is 316 cm³/mol. The summed E-state index contributed by atoms with van der Waals surface area (Å²) in [7, 11) is -0.510. The van der Waals surface area contributed by atoms with Gasteiger partial charge in [0.15, 0.2) is 0 Å². The first-order valence-corrected chi connectivity index (χ1v) is 35.9. The molecule has 14 atom stereocenters. The van der Waals surface area contributed by atoms with Gasteiger partial charge in [0.1, 0.15) is 18.3 Å². The predicted octanol–water partition coefficient (Wildman–Crippen LogP) is 6.18. The van der Waals surface area contributed by atoms with Gasteiger partial charge < -0.3 is 49.8 Å². The summed E-state index contributed by atoms with van der Waals surface area (Å²) in [5, 5.41) is 36.1. The van der Waals surface area contributed by atoms with Crippen molar-refractivity contribution in [2.45, 2.75) is 172 Å². The number of rotatable bonds is 10. The zero-order chi connectivity index (χ0) is 61.0. The van der Waals surface area contributed by atoms with Gasteiger partial charge in [0.25, 0.3) is 20.2 Å². The molecule has 15 aliphatic rings. The topological polar surface area (TPSA) is 287 Å². The largest absolute Gasteiger partial charge is 0.461 e. The van der Waals surface area contributed by atoms with Crippen molar-refractivity contribution in [3.8, 4) is 0 Å². The third kappa shape index (κ3) is 14.0. The zero-order valence-corrected chi connectivity index (χ0v) is 53.0. The standard InChI is InChI=1S/2C20H31NO3.C17H22O2.C3H9NO.2CH4O3S.CH4O/c2*1-21(10-11-22)12-14-13-2-4-19(6-7-19)15-3-5-20(8-9-20)16(15)17(13)24-18(14)23;1-10-11-2-4-16(6-7-16)12-3-5-17(8-9-17)13(12)14(11)19-15(10)18;1-4-2-3-5;2*1-5(2,3)4;1-2/h2*13-17,22H,2-12H2,1H3;11-14H,1-9H2;4-5H,2-3H2,1H3;2*1H3,(H,2,3,4);2H,1H3/t2*13-,14-,15+,16-,17?;11-,12+,13-,14-;;;;/m000..../s1. The molecule has 0 bridgehead atoms. The molecular weight excluding hydrogens is 1120 g/mol. The summed E-state index contributed by atoms with van der Waals surface area (Å²) in [4.78, 5) is 41.5. The van der Waals surface area contributed by atoms with Crippen LogP contribution in [-0.4, -0.2) is 186 Å². The number of ether oxygens (including phenoxy) is 3. The average molecular weight is 1220 g/mol. The Morgan fingerprint density at radius 3 is 1.10 bits per heavy atom. The van der Waals surface area contributed by atoms with Crippen LogP contribution in [0.25, 0.3) is 0 Å². The summed E-state index contributed by atoms with van der Waals surface area (Å²) in [6, 6.07) is 0. The summed E-state index contributed by atoms with van der Waals surface area (Å²) >= 11 is 0. The minimum Gasteiger partial charge on any atom is -0.461 e. The number of fused-ring (bicyclic) bond motifs is 15. The van der Waals surface area contributed by atoms with Gasteiger partial charge in [-0.05, 0) is 225 Å². The summed E-state index contributed by atoms with van der Waals surface area (Å²) in [5.74, 6) is 5.72. The molecule has 0 amide bonds. The number of carbonyl (C=O) groups excluding carboxylic acids is 3. The third-order valence-electron chi connectivity index (χ3n) is 24.6. The first kappa shape index (κ1) is 66.1. The fourth-order valence-corrected chi connectivity index (χ4v) is 19.8. The lowest BCUT2D eigenvalue weighted by atomic mass is 9.73. The van der Waals surface area contributed by atoms with E-state index in [0.717, 1.165) is 49.9 Å². The van der Waals surface area contributed by atoms with E-state index in [1.807, 2.05) is 14.1 Å². The van der Waals surface area contributed by atoms with Crippen LogP contribution >= 0.6 is 0 Å². The van der Waals surface area contributed by atoms with E-state index in [2.05, 4.69) is 21.7 Å². The molecule has 3 aliphatic heterocycles. The lowest BCUT2D eigenvalue weighted by Gasteiger charge is -2.33. The fourth-order valence-electron chi connectivity index (χ4n) is 19.8. The Morgan fingerprint density at radius 2 is 0.810 bits per heavy atom. The maximum absolute atomic E-state index is 12.7. The van der Waals surface area contributed by atoms with Crippen LogP contribution in [0.4, 0.5) is 0 Å². The van der Waals surface area contributed by atoms with Gasteiger partial charge in [-0.3, -0.25) is 18.7 Å². The van der Waals surface area contributed by atoms with Gasteiger partial charge in [0, 0.05) is 80.9 Å². The van der Waals surface area contributed by atoms with E-state index in [0.29, 0.717) is 100 Å². The lowest BCUT2D eigenvalue weighted by Crippen LogP contribution is -2.37. The molecule has 3 saturated heterocycles. The Hall–Kier alpha value is -2.31. The molecule has 12 saturated carbocycles. The van der Waals surface area contributed by atoms with Gasteiger partial charge in [-0.15, -0.1) is 0 Å². The van der Waals surface area contributed by atoms with Crippen molar-refractivity contribution in [3.63, 3.8) is 0 Å². The van der Waals surface area contributed by atoms with E-state index in [1.54, 1.807) is 7.05 Å². The molecule has 0 aromatic rings. The van der Waals surface area contributed by atoms with E-state index >= 15 is 0 Å². The Balaban J connectivity index is 0.000000134. The number of nitrogens with zero attached hydrogens (tertiary/aromatic N) is 2. The van der Waals surface area contributed by atoms with Crippen molar-refractivity contribution in [2.24, 2.45) is 97.6 Å². The van der Waals surface area contributed by atoms with E-state index in [-0.39, 0.29) is 67.9 Å². The molecule has 2 unspecified atom stereocenters. The van der Waals surface area contributed by atoms with Gasteiger partial charge in [-0.25, -0.2) is 4.79 Å². The van der Waals surface area contributed by atoms with Crippen LogP contribution in [0.3, 0.4) is 0 Å². The lowest BCUT2D eigenvalue weighted by molar-refractivity contribution is -0.148. The number of hydrogen-bond acceptors (Lipinski definition) is 17. The van der Waals surface area contributed by atoms with Crippen LogP contribution in [0, 0.1) is 97.6 Å². The molecule has 15 rings (SSSR count). The summed E-state index contributed by atoms with van der Waals surface area (Å²) in [6.07, 6.45) is 34.7. The maximum atomic E-state index is 12.7. The fraction of sp³-hybridized carbons (Fsp3) is 0.921. The molecule has 3 heterocycles. The van der Waals surface area contributed by atoms with E-state index < -0.39 is 20.2 Å². The molecule has 6 spiro atoms. The molecule has 7 N–H and O–H groups in total. The number of esters is 3. The Bertz CT molecular complexity index is 2430. The van der Waals surface area contributed by atoms with Crippen LogP contribution < -0.4 is 5.32 Å². The number of aliphatic hydroxyl groups is 4. The molecule has 0 aromatic heterocycles. The molecule has 21 heteroatoms. The van der Waals surface area contributed by atoms with Crippen molar-refractivity contribution in [2.75, 3.05) is 93.3 Å².